The molecule has 0 saturated heterocycles. The van der Waals surface area contributed by atoms with E-state index in [4.69, 9.17) is 10.5 Å². The summed E-state index contributed by atoms with van der Waals surface area (Å²) < 4.78 is 19.5. The van der Waals surface area contributed by atoms with Gasteiger partial charge in [0.05, 0.1) is 0 Å². The molecule has 1 heterocycles. The third-order valence-electron chi connectivity index (χ3n) is 6.00. The maximum absolute atomic E-state index is 13.7. The molecule has 4 nitrogen and oxygen atoms in total. The number of nitrogens with zero attached hydrogens (tertiary/aromatic N) is 1. The van der Waals surface area contributed by atoms with Crippen molar-refractivity contribution in [3.8, 4) is 5.88 Å². The van der Waals surface area contributed by atoms with E-state index in [0.717, 1.165) is 24.8 Å². The zero-order valence-corrected chi connectivity index (χ0v) is 14.8. The van der Waals surface area contributed by atoms with E-state index in [9.17, 15) is 9.18 Å². The van der Waals surface area contributed by atoms with E-state index in [-0.39, 0.29) is 17.9 Å². The Kier molecular flexibility index (Phi) is 4.39. The van der Waals surface area contributed by atoms with Crippen LogP contribution in [0.25, 0.3) is 0 Å². The number of benzene rings is 1. The molecular weight excluding hydrogens is 331 g/mol. The van der Waals surface area contributed by atoms with Gasteiger partial charge in [-0.3, -0.25) is 4.79 Å². The fourth-order valence-corrected chi connectivity index (χ4v) is 4.89. The van der Waals surface area contributed by atoms with Gasteiger partial charge in [-0.25, -0.2) is 9.37 Å². The first kappa shape index (κ1) is 17.0. The minimum Gasteiger partial charge on any atom is -0.472 e. The summed E-state index contributed by atoms with van der Waals surface area (Å²) >= 11 is 0. The Morgan fingerprint density at radius 2 is 2.00 bits per heavy atom. The molecule has 0 spiro atoms. The van der Waals surface area contributed by atoms with E-state index in [1.807, 2.05) is 24.3 Å². The number of amides is 1. The third-order valence-corrected chi connectivity index (χ3v) is 6.00. The number of pyridine rings is 1. The molecule has 1 aromatic carbocycles. The molecule has 2 saturated carbocycles. The fourth-order valence-electron chi connectivity index (χ4n) is 4.89. The van der Waals surface area contributed by atoms with Crippen LogP contribution in [0.2, 0.25) is 0 Å². The van der Waals surface area contributed by atoms with Crippen LogP contribution in [-0.2, 0) is 0 Å². The highest BCUT2D eigenvalue weighted by Gasteiger charge is 2.59. The quantitative estimate of drug-likeness (QED) is 0.855. The third kappa shape index (κ3) is 2.96. The lowest BCUT2D eigenvalue weighted by Gasteiger charge is -2.22. The average molecular weight is 354 g/mol. The Morgan fingerprint density at radius 3 is 2.65 bits per heavy atom. The van der Waals surface area contributed by atoms with Gasteiger partial charge in [0, 0.05) is 11.8 Å². The summed E-state index contributed by atoms with van der Waals surface area (Å²) in [6, 6.07) is 10.6. The number of nitrogens with two attached hydrogens (primary N) is 1. The van der Waals surface area contributed by atoms with Crippen molar-refractivity contribution >= 4 is 5.91 Å². The zero-order chi connectivity index (χ0) is 18.3. The molecule has 5 heteroatoms. The first-order valence-electron chi connectivity index (χ1n) is 9.26. The lowest BCUT2D eigenvalue weighted by Crippen LogP contribution is -2.20. The summed E-state index contributed by atoms with van der Waals surface area (Å²) in [7, 11) is 0. The smallest absolute Gasteiger partial charge is 0.250 e. The first-order chi connectivity index (χ1) is 12.6. The molecule has 3 atom stereocenters. The average Bonchev–Trinajstić information content (AvgIpc) is 3.11. The molecule has 136 valence electrons. The van der Waals surface area contributed by atoms with Crippen molar-refractivity contribution in [3.63, 3.8) is 0 Å². The number of hydrogen-bond acceptors (Lipinski definition) is 3. The van der Waals surface area contributed by atoms with E-state index < -0.39 is 5.82 Å². The van der Waals surface area contributed by atoms with Crippen LogP contribution in [0.15, 0.2) is 42.6 Å². The lowest BCUT2D eigenvalue weighted by molar-refractivity contribution is 0.0998. The van der Waals surface area contributed by atoms with Crippen molar-refractivity contribution < 1.29 is 13.9 Å². The summed E-state index contributed by atoms with van der Waals surface area (Å²) in [6.07, 6.45) is 4.38. The van der Waals surface area contributed by atoms with Gasteiger partial charge in [-0.05, 0) is 66.7 Å². The SMILES string of the molecule is CC[C@H](c1ccccc1C(N)=O)C1[C@H]2CC(Oc3ncccc3F)C[C@H]12. The Labute approximate surface area is 152 Å². The summed E-state index contributed by atoms with van der Waals surface area (Å²) in [6.45, 7) is 2.16. The molecule has 2 aromatic rings. The molecule has 1 amide bonds. The molecule has 2 aliphatic carbocycles. The van der Waals surface area contributed by atoms with Crippen LogP contribution in [-0.4, -0.2) is 17.0 Å². The lowest BCUT2D eigenvalue weighted by atomic mass is 9.84. The van der Waals surface area contributed by atoms with Gasteiger partial charge in [0.1, 0.15) is 6.10 Å². The van der Waals surface area contributed by atoms with Gasteiger partial charge in [0.15, 0.2) is 5.82 Å². The van der Waals surface area contributed by atoms with Crippen molar-refractivity contribution in [2.24, 2.45) is 23.5 Å². The van der Waals surface area contributed by atoms with Crippen molar-refractivity contribution in [2.75, 3.05) is 0 Å². The van der Waals surface area contributed by atoms with Gasteiger partial charge in [0.2, 0.25) is 5.91 Å². The number of halogens is 1. The summed E-state index contributed by atoms with van der Waals surface area (Å²) in [4.78, 5) is 15.8. The van der Waals surface area contributed by atoms with Crippen molar-refractivity contribution in [2.45, 2.75) is 38.2 Å². The van der Waals surface area contributed by atoms with E-state index in [2.05, 4.69) is 11.9 Å². The van der Waals surface area contributed by atoms with Gasteiger partial charge in [0.25, 0.3) is 5.88 Å². The van der Waals surface area contributed by atoms with Gasteiger partial charge >= 0.3 is 0 Å². The molecule has 26 heavy (non-hydrogen) atoms. The topological polar surface area (TPSA) is 65.2 Å². The Hall–Kier alpha value is -2.43. The highest BCUT2D eigenvalue weighted by Crippen LogP contribution is 2.64. The molecular formula is C21H23FN2O2. The van der Waals surface area contributed by atoms with Crippen molar-refractivity contribution in [1.29, 1.82) is 0 Å². The second kappa shape index (κ2) is 6.71. The first-order valence-corrected chi connectivity index (χ1v) is 9.26. The summed E-state index contributed by atoms with van der Waals surface area (Å²) in [5.41, 5.74) is 7.26. The maximum atomic E-state index is 13.7. The molecule has 0 aliphatic heterocycles. The second-order valence-corrected chi connectivity index (χ2v) is 7.37. The predicted octanol–water partition coefficient (Wildman–Crippen LogP) is 3.92. The highest BCUT2D eigenvalue weighted by atomic mass is 19.1. The van der Waals surface area contributed by atoms with Gasteiger partial charge in [-0.2, -0.15) is 0 Å². The van der Waals surface area contributed by atoms with E-state index in [1.165, 1.54) is 6.07 Å². The summed E-state index contributed by atoms with van der Waals surface area (Å²) in [5.74, 6) is 1.34. The second-order valence-electron chi connectivity index (χ2n) is 7.37. The van der Waals surface area contributed by atoms with Crippen LogP contribution >= 0.6 is 0 Å². The number of hydrogen-bond donors (Lipinski definition) is 1. The van der Waals surface area contributed by atoms with Crippen LogP contribution < -0.4 is 10.5 Å². The van der Waals surface area contributed by atoms with Gasteiger partial charge in [-0.1, -0.05) is 25.1 Å². The molecule has 2 fully saturated rings. The van der Waals surface area contributed by atoms with E-state index in [0.29, 0.717) is 29.2 Å². The number of rotatable bonds is 6. The van der Waals surface area contributed by atoms with Crippen LogP contribution in [0.4, 0.5) is 4.39 Å². The van der Waals surface area contributed by atoms with Crippen LogP contribution in [0.1, 0.15) is 48.0 Å². The van der Waals surface area contributed by atoms with Gasteiger partial charge < -0.3 is 10.5 Å². The van der Waals surface area contributed by atoms with E-state index in [1.54, 1.807) is 12.3 Å². The molecule has 0 bridgehead atoms. The number of primary amides is 1. The Morgan fingerprint density at radius 1 is 1.27 bits per heavy atom. The van der Waals surface area contributed by atoms with Crippen LogP contribution in [0.5, 0.6) is 5.88 Å². The molecule has 0 unspecified atom stereocenters. The van der Waals surface area contributed by atoms with Crippen molar-refractivity contribution in [1.82, 2.24) is 4.98 Å². The molecule has 2 aliphatic rings. The minimum absolute atomic E-state index is 0.0227. The highest BCUT2D eigenvalue weighted by molar-refractivity contribution is 5.94. The summed E-state index contributed by atoms with van der Waals surface area (Å²) in [5, 5.41) is 0. The van der Waals surface area contributed by atoms with E-state index >= 15 is 0 Å². The predicted molar refractivity (Wildman–Crippen MR) is 96.3 cm³/mol. The van der Waals surface area contributed by atoms with Gasteiger partial charge in [-0.15, -0.1) is 0 Å². The number of fused-ring (bicyclic) bond motifs is 1. The normalized spacial score (nSPS) is 25.5. The monoisotopic (exact) mass is 354 g/mol. The Balaban J connectivity index is 1.45. The standard InChI is InChI=1S/C21H23FN2O2/c1-2-13(14-6-3-4-7-15(14)20(23)25)19-16-10-12(11-17(16)19)26-21-18(22)8-5-9-24-21/h3-9,12-13,16-17,19H,2,10-11H2,1H3,(H2,23,25)/t12?,13-,16+,17+,19?/m1/s1. The number of carbonyl (C=O) groups excluding carboxylic acids is 1. The largest absolute Gasteiger partial charge is 0.472 e. The van der Waals surface area contributed by atoms with Crippen LogP contribution in [0, 0.1) is 23.6 Å². The Bertz CT molecular complexity index is 813. The number of carbonyl (C=O) groups is 1. The maximum Gasteiger partial charge on any atom is 0.250 e. The zero-order valence-electron chi connectivity index (χ0n) is 14.8. The minimum atomic E-state index is -0.411. The number of ether oxygens (including phenoxy) is 1. The van der Waals surface area contributed by atoms with Crippen molar-refractivity contribution in [3.05, 3.63) is 59.5 Å². The molecule has 0 radical (unpaired) electrons. The van der Waals surface area contributed by atoms with Crippen LogP contribution in [0.3, 0.4) is 0 Å². The molecule has 4 rings (SSSR count). The molecule has 2 N–H and O–H groups in total. The molecule has 1 aromatic heterocycles. The number of aromatic nitrogens is 1. The fraction of sp³-hybridized carbons (Fsp3) is 0.429.